The van der Waals surface area contributed by atoms with Crippen LogP contribution < -0.4 is 4.74 Å². The molecular formula is C28H41NO. The van der Waals surface area contributed by atoms with Crippen molar-refractivity contribution in [2.24, 2.45) is 11.8 Å². The van der Waals surface area contributed by atoms with Crippen molar-refractivity contribution in [3.8, 4) is 16.9 Å². The van der Waals surface area contributed by atoms with Crippen LogP contribution in [0.3, 0.4) is 0 Å². The molecule has 0 N–H and O–H groups in total. The number of ether oxygens (including phenoxy) is 1. The van der Waals surface area contributed by atoms with Gasteiger partial charge in [-0.15, -0.1) is 0 Å². The monoisotopic (exact) mass is 407 g/mol. The number of rotatable bonds is 11. The molecule has 0 amide bonds. The molecular weight excluding hydrogens is 366 g/mol. The summed E-state index contributed by atoms with van der Waals surface area (Å²) in [6.07, 6.45) is 17.2. The first kappa shape index (κ1) is 22.8. The quantitative estimate of drug-likeness (QED) is 0.349. The van der Waals surface area contributed by atoms with Crippen LogP contribution in [0.25, 0.3) is 11.1 Å². The lowest BCUT2D eigenvalue weighted by atomic mass is 9.72. The first-order chi connectivity index (χ1) is 14.7. The highest BCUT2D eigenvalue weighted by atomic mass is 16.5. The van der Waals surface area contributed by atoms with Crippen molar-refractivity contribution in [1.82, 2.24) is 4.98 Å². The second kappa shape index (κ2) is 12.1. The van der Waals surface area contributed by atoms with E-state index >= 15 is 0 Å². The second-order valence-electron chi connectivity index (χ2n) is 9.23. The molecule has 0 bridgehead atoms. The van der Waals surface area contributed by atoms with E-state index in [1.165, 1.54) is 74.5 Å². The number of para-hydroxylation sites is 1. The summed E-state index contributed by atoms with van der Waals surface area (Å²) < 4.78 is 6.24. The molecule has 3 rings (SSSR count). The average molecular weight is 408 g/mol. The van der Waals surface area contributed by atoms with E-state index in [2.05, 4.69) is 62.3 Å². The van der Waals surface area contributed by atoms with Gasteiger partial charge in [0.15, 0.2) is 0 Å². The highest BCUT2D eigenvalue weighted by Crippen LogP contribution is 2.43. The van der Waals surface area contributed by atoms with Gasteiger partial charge in [0.1, 0.15) is 5.75 Å². The van der Waals surface area contributed by atoms with Crippen LogP contribution in [-0.4, -0.2) is 11.6 Å². The Kier molecular flexibility index (Phi) is 9.24. The number of hydrogen-bond donors (Lipinski definition) is 0. The minimum absolute atomic E-state index is 0.536. The molecule has 1 aromatic carbocycles. The summed E-state index contributed by atoms with van der Waals surface area (Å²) in [6, 6.07) is 10.7. The van der Waals surface area contributed by atoms with Crippen molar-refractivity contribution in [2.45, 2.75) is 90.9 Å². The molecule has 0 spiro atoms. The SMILES string of the molecule is CCCCCCOc1ccccc1-c1ccncc1C(C)C1CCC(CCC)CC1. The largest absolute Gasteiger partial charge is 0.493 e. The lowest BCUT2D eigenvalue weighted by Gasteiger charge is -2.33. The molecule has 1 aromatic heterocycles. The molecule has 2 aromatic rings. The van der Waals surface area contributed by atoms with Gasteiger partial charge in [-0.25, -0.2) is 0 Å². The Morgan fingerprint density at radius 1 is 0.933 bits per heavy atom. The van der Waals surface area contributed by atoms with Gasteiger partial charge in [0.2, 0.25) is 0 Å². The van der Waals surface area contributed by atoms with Crippen LogP contribution in [0.15, 0.2) is 42.7 Å². The van der Waals surface area contributed by atoms with Crippen molar-refractivity contribution >= 4 is 0 Å². The molecule has 164 valence electrons. The fourth-order valence-electron chi connectivity index (χ4n) is 5.18. The zero-order chi connectivity index (χ0) is 21.2. The van der Waals surface area contributed by atoms with Crippen LogP contribution in [0.2, 0.25) is 0 Å². The molecule has 2 heteroatoms. The molecule has 30 heavy (non-hydrogen) atoms. The maximum Gasteiger partial charge on any atom is 0.127 e. The van der Waals surface area contributed by atoms with Gasteiger partial charge in [-0.05, 0) is 60.3 Å². The van der Waals surface area contributed by atoms with Gasteiger partial charge in [0.25, 0.3) is 0 Å². The molecule has 1 saturated carbocycles. The molecule has 1 unspecified atom stereocenters. The number of nitrogens with zero attached hydrogens (tertiary/aromatic N) is 1. The predicted molar refractivity (Wildman–Crippen MR) is 128 cm³/mol. The van der Waals surface area contributed by atoms with E-state index in [1.807, 2.05) is 6.20 Å². The Hall–Kier alpha value is -1.83. The highest BCUT2D eigenvalue weighted by Gasteiger charge is 2.27. The van der Waals surface area contributed by atoms with Crippen LogP contribution >= 0.6 is 0 Å². The Bertz CT molecular complexity index is 748. The third-order valence-electron chi connectivity index (χ3n) is 7.07. The number of unbranched alkanes of at least 4 members (excludes halogenated alkanes) is 3. The van der Waals surface area contributed by atoms with Crippen molar-refractivity contribution in [3.05, 3.63) is 48.3 Å². The highest BCUT2D eigenvalue weighted by molar-refractivity contribution is 5.73. The van der Waals surface area contributed by atoms with Gasteiger partial charge < -0.3 is 4.74 Å². The fourth-order valence-corrected chi connectivity index (χ4v) is 5.18. The van der Waals surface area contributed by atoms with Crippen molar-refractivity contribution < 1.29 is 4.74 Å². The van der Waals surface area contributed by atoms with E-state index in [-0.39, 0.29) is 0 Å². The van der Waals surface area contributed by atoms with Crippen LogP contribution in [-0.2, 0) is 0 Å². The summed E-state index contributed by atoms with van der Waals surface area (Å²) in [5.41, 5.74) is 3.91. The van der Waals surface area contributed by atoms with Crippen LogP contribution in [0.4, 0.5) is 0 Å². The maximum atomic E-state index is 6.24. The number of aromatic nitrogens is 1. The van der Waals surface area contributed by atoms with Crippen LogP contribution in [0, 0.1) is 11.8 Å². The summed E-state index contributed by atoms with van der Waals surface area (Å²) in [6.45, 7) is 7.78. The number of benzene rings is 1. The Labute approximate surface area is 184 Å². The third-order valence-corrected chi connectivity index (χ3v) is 7.07. The minimum atomic E-state index is 0.536. The summed E-state index contributed by atoms with van der Waals surface area (Å²) >= 11 is 0. The average Bonchev–Trinajstić information content (AvgIpc) is 2.79. The second-order valence-corrected chi connectivity index (χ2v) is 9.23. The summed E-state index contributed by atoms with van der Waals surface area (Å²) in [7, 11) is 0. The van der Waals surface area contributed by atoms with Crippen LogP contribution in [0.1, 0.15) is 96.5 Å². The molecule has 2 nitrogen and oxygen atoms in total. The van der Waals surface area contributed by atoms with E-state index in [0.717, 1.165) is 30.6 Å². The first-order valence-electron chi connectivity index (χ1n) is 12.4. The normalized spacial score (nSPS) is 20.1. The predicted octanol–water partition coefficient (Wildman–Crippen LogP) is 8.42. The Morgan fingerprint density at radius 2 is 1.73 bits per heavy atom. The lowest BCUT2D eigenvalue weighted by molar-refractivity contribution is 0.239. The first-order valence-corrected chi connectivity index (χ1v) is 12.4. The lowest BCUT2D eigenvalue weighted by Crippen LogP contribution is -2.19. The zero-order valence-electron chi connectivity index (χ0n) is 19.4. The third kappa shape index (κ3) is 6.09. The molecule has 1 heterocycles. The standard InChI is InChI=1S/C28H41NO/c1-4-6-7-10-20-30-28-13-9-8-12-26(28)25-18-19-29-21-27(25)22(3)24-16-14-23(11-5-2)15-17-24/h8-9,12-13,18-19,21-24H,4-7,10-11,14-17,20H2,1-3H3. The molecule has 0 saturated heterocycles. The molecule has 1 atom stereocenters. The van der Waals surface area contributed by atoms with E-state index in [4.69, 9.17) is 4.74 Å². The van der Waals surface area contributed by atoms with Gasteiger partial charge in [0.05, 0.1) is 6.61 Å². The molecule has 1 aliphatic carbocycles. The zero-order valence-corrected chi connectivity index (χ0v) is 19.4. The topological polar surface area (TPSA) is 22.1 Å². The summed E-state index contributed by atoms with van der Waals surface area (Å²) in [5.74, 6) is 3.27. The smallest absolute Gasteiger partial charge is 0.127 e. The Morgan fingerprint density at radius 3 is 2.50 bits per heavy atom. The summed E-state index contributed by atoms with van der Waals surface area (Å²) in [4.78, 5) is 4.52. The van der Waals surface area contributed by atoms with Crippen LogP contribution in [0.5, 0.6) is 5.75 Å². The van der Waals surface area contributed by atoms with E-state index in [9.17, 15) is 0 Å². The minimum Gasteiger partial charge on any atom is -0.493 e. The number of hydrogen-bond acceptors (Lipinski definition) is 2. The summed E-state index contributed by atoms with van der Waals surface area (Å²) in [5, 5.41) is 0. The molecule has 0 radical (unpaired) electrons. The van der Waals surface area contributed by atoms with E-state index in [0.29, 0.717) is 5.92 Å². The van der Waals surface area contributed by atoms with Gasteiger partial charge in [-0.2, -0.15) is 0 Å². The van der Waals surface area contributed by atoms with Crippen molar-refractivity contribution in [2.75, 3.05) is 6.61 Å². The fraction of sp³-hybridized carbons (Fsp3) is 0.607. The maximum absolute atomic E-state index is 6.24. The van der Waals surface area contributed by atoms with E-state index in [1.54, 1.807) is 0 Å². The van der Waals surface area contributed by atoms with Gasteiger partial charge in [-0.1, -0.05) is 83.9 Å². The van der Waals surface area contributed by atoms with Gasteiger partial charge in [-0.3, -0.25) is 4.98 Å². The molecule has 0 aliphatic heterocycles. The van der Waals surface area contributed by atoms with E-state index < -0.39 is 0 Å². The van der Waals surface area contributed by atoms with Gasteiger partial charge >= 0.3 is 0 Å². The number of pyridine rings is 1. The van der Waals surface area contributed by atoms with Gasteiger partial charge in [0, 0.05) is 18.0 Å². The van der Waals surface area contributed by atoms with Crippen molar-refractivity contribution in [3.63, 3.8) is 0 Å². The van der Waals surface area contributed by atoms with Crippen molar-refractivity contribution in [1.29, 1.82) is 0 Å². The molecule has 1 fully saturated rings. The molecule has 1 aliphatic rings. The Balaban J connectivity index is 1.74.